The summed E-state index contributed by atoms with van der Waals surface area (Å²) in [7, 11) is 0. The second-order valence-electron chi connectivity index (χ2n) is 3.24. The maximum Gasteiger partial charge on any atom is 0.522 e. The standard InChI is InChI=1S/C10H11BrF3NO/c1-7-4-8(11)6-9(5-7)15-2-3-16-10(12,13)14/h4-6,15H,2-3H2,1H3. The van der Waals surface area contributed by atoms with Crippen LogP contribution in [-0.2, 0) is 4.74 Å². The monoisotopic (exact) mass is 297 g/mol. The van der Waals surface area contributed by atoms with Crippen LogP contribution in [0.4, 0.5) is 18.9 Å². The lowest BCUT2D eigenvalue weighted by Gasteiger charge is -2.10. The van der Waals surface area contributed by atoms with Crippen LogP contribution in [0.3, 0.4) is 0 Å². The topological polar surface area (TPSA) is 21.3 Å². The summed E-state index contributed by atoms with van der Waals surface area (Å²) in [5.74, 6) is 0. The van der Waals surface area contributed by atoms with Gasteiger partial charge in [-0.1, -0.05) is 15.9 Å². The Morgan fingerprint density at radius 1 is 1.31 bits per heavy atom. The van der Waals surface area contributed by atoms with E-state index in [-0.39, 0.29) is 6.54 Å². The van der Waals surface area contributed by atoms with Crippen molar-refractivity contribution in [2.45, 2.75) is 13.3 Å². The lowest BCUT2D eigenvalue weighted by molar-refractivity contribution is -0.322. The molecule has 1 rings (SSSR count). The van der Waals surface area contributed by atoms with Crippen LogP contribution in [0.1, 0.15) is 5.56 Å². The molecule has 0 aliphatic heterocycles. The number of benzene rings is 1. The molecule has 0 saturated carbocycles. The van der Waals surface area contributed by atoms with E-state index in [1.807, 2.05) is 19.1 Å². The van der Waals surface area contributed by atoms with Gasteiger partial charge < -0.3 is 5.32 Å². The molecule has 0 unspecified atom stereocenters. The molecule has 6 heteroatoms. The predicted molar refractivity (Wildman–Crippen MR) is 59.4 cm³/mol. The van der Waals surface area contributed by atoms with Crippen molar-refractivity contribution in [3.05, 3.63) is 28.2 Å². The molecular formula is C10H11BrF3NO. The number of hydrogen-bond acceptors (Lipinski definition) is 2. The van der Waals surface area contributed by atoms with E-state index in [4.69, 9.17) is 0 Å². The lowest BCUT2D eigenvalue weighted by atomic mass is 10.2. The van der Waals surface area contributed by atoms with Crippen molar-refractivity contribution < 1.29 is 17.9 Å². The molecule has 2 nitrogen and oxygen atoms in total. The van der Waals surface area contributed by atoms with Gasteiger partial charge in [0.1, 0.15) is 0 Å². The largest absolute Gasteiger partial charge is 0.522 e. The second-order valence-corrected chi connectivity index (χ2v) is 4.15. The van der Waals surface area contributed by atoms with Crippen LogP contribution in [0, 0.1) is 6.92 Å². The minimum atomic E-state index is -4.56. The fraction of sp³-hybridized carbons (Fsp3) is 0.400. The van der Waals surface area contributed by atoms with Crippen molar-refractivity contribution in [2.24, 2.45) is 0 Å². The van der Waals surface area contributed by atoms with Gasteiger partial charge >= 0.3 is 6.36 Å². The number of aryl methyl sites for hydroxylation is 1. The van der Waals surface area contributed by atoms with Crippen LogP contribution < -0.4 is 5.32 Å². The molecule has 90 valence electrons. The third kappa shape index (κ3) is 5.37. The highest BCUT2D eigenvalue weighted by Crippen LogP contribution is 2.19. The molecule has 0 radical (unpaired) electrons. The van der Waals surface area contributed by atoms with Crippen LogP contribution in [0.15, 0.2) is 22.7 Å². The van der Waals surface area contributed by atoms with Gasteiger partial charge in [0.15, 0.2) is 0 Å². The Morgan fingerprint density at radius 2 is 2.00 bits per heavy atom. The van der Waals surface area contributed by atoms with Gasteiger partial charge in [0.2, 0.25) is 0 Å². The molecule has 0 heterocycles. The van der Waals surface area contributed by atoms with E-state index in [1.165, 1.54) is 0 Å². The van der Waals surface area contributed by atoms with Crippen molar-refractivity contribution in [2.75, 3.05) is 18.5 Å². The summed E-state index contributed by atoms with van der Waals surface area (Å²) in [6.07, 6.45) is -4.56. The molecule has 16 heavy (non-hydrogen) atoms. The Bertz CT molecular complexity index is 334. The average Bonchev–Trinajstić information content (AvgIpc) is 2.09. The van der Waals surface area contributed by atoms with Crippen molar-refractivity contribution in [1.29, 1.82) is 0 Å². The highest BCUT2D eigenvalue weighted by atomic mass is 79.9. The average molecular weight is 298 g/mol. The number of halogens is 4. The molecular weight excluding hydrogens is 287 g/mol. The minimum Gasteiger partial charge on any atom is -0.383 e. The maximum absolute atomic E-state index is 11.7. The predicted octanol–water partition coefficient (Wildman–Crippen LogP) is 3.71. The van der Waals surface area contributed by atoms with Gasteiger partial charge in [0, 0.05) is 16.7 Å². The first-order valence-electron chi connectivity index (χ1n) is 4.58. The molecule has 1 N–H and O–H groups in total. The van der Waals surface area contributed by atoms with Gasteiger partial charge in [-0.25, -0.2) is 0 Å². The number of rotatable bonds is 4. The fourth-order valence-electron chi connectivity index (χ4n) is 1.20. The highest BCUT2D eigenvalue weighted by molar-refractivity contribution is 9.10. The van der Waals surface area contributed by atoms with Crippen LogP contribution in [0.2, 0.25) is 0 Å². The number of nitrogens with one attached hydrogen (secondary N) is 1. The van der Waals surface area contributed by atoms with Crippen LogP contribution in [-0.4, -0.2) is 19.5 Å². The molecule has 0 amide bonds. The summed E-state index contributed by atoms with van der Waals surface area (Å²) < 4.78 is 39.5. The molecule has 0 aromatic heterocycles. The Labute approximate surface area is 99.9 Å². The van der Waals surface area contributed by atoms with E-state index in [2.05, 4.69) is 26.0 Å². The normalized spacial score (nSPS) is 11.6. The second kappa shape index (κ2) is 5.54. The zero-order valence-corrected chi connectivity index (χ0v) is 10.2. The number of anilines is 1. The fourth-order valence-corrected chi connectivity index (χ4v) is 1.81. The minimum absolute atomic E-state index is 0.107. The molecule has 0 bridgehead atoms. The number of ether oxygens (including phenoxy) is 1. The number of hydrogen-bond donors (Lipinski definition) is 1. The first kappa shape index (κ1) is 13.3. The van der Waals surface area contributed by atoms with Crippen molar-refractivity contribution >= 4 is 21.6 Å². The summed E-state index contributed by atoms with van der Waals surface area (Å²) in [5.41, 5.74) is 1.78. The Kier molecular flexibility index (Phi) is 4.61. The quantitative estimate of drug-likeness (QED) is 0.856. The van der Waals surface area contributed by atoms with E-state index in [0.29, 0.717) is 0 Å². The van der Waals surface area contributed by atoms with Crippen molar-refractivity contribution in [3.8, 4) is 0 Å². The van der Waals surface area contributed by atoms with Crippen LogP contribution >= 0.6 is 15.9 Å². The zero-order chi connectivity index (χ0) is 12.2. The third-order valence-corrected chi connectivity index (χ3v) is 2.20. The summed E-state index contributed by atoms with van der Waals surface area (Å²) in [4.78, 5) is 0. The van der Waals surface area contributed by atoms with E-state index in [9.17, 15) is 13.2 Å². The molecule has 1 aromatic carbocycles. The van der Waals surface area contributed by atoms with E-state index < -0.39 is 13.0 Å². The van der Waals surface area contributed by atoms with Crippen molar-refractivity contribution in [1.82, 2.24) is 0 Å². The Balaban J connectivity index is 2.37. The first-order chi connectivity index (χ1) is 7.37. The molecule has 0 spiro atoms. The van der Waals surface area contributed by atoms with Crippen LogP contribution in [0.25, 0.3) is 0 Å². The van der Waals surface area contributed by atoms with Gasteiger partial charge in [0.05, 0.1) is 6.61 Å². The maximum atomic E-state index is 11.7. The smallest absolute Gasteiger partial charge is 0.383 e. The molecule has 0 atom stereocenters. The van der Waals surface area contributed by atoms with Gasteiger partial charge in [-0.15, -0.1) is 13.2 Å². The lowest BCUT2D eigenvalue weighted by Crippen LogP contribution is -2.19. The first-order valence-corrected chi connectivity index (χ1v) is 5.38. The van der Waals surface area contributed by atoms with E-state index >= 15 is 0 Å². The van der Waals surface area contributed by atoms with Gasteiger partial charge in [-0.2, -0.15) is 0 Å². The molecule has 0 aliphatic carbocycles. The molecule has 1 aromatic rings. The highest BCUT2D eigenvalue weighted by Gasteiger charge is 2.28. The van der Waals surface area contributed by atoms with E-state index in [1.54, 1.807) is 6.07 Å². The SMILES string of the molecule is Cc1cc(Br)cc(NCCOC(F)(F)F)c1. The molecule has 0 fully saturated rings. The summed E-state index contributed by atoms with van der Waals surface area (Å²) >= 11 is 3.30. The molecule has 0 aliphatic rings. The van der Waals surface area contributed by atoms with Gasteiger partial charge in [0.25, 0.3) is 0 Å². The van der Waals surface area contributed by atoms with Gasteiger partial charge in [-0.3, -0.25) is 4.74 Å². The Hall–Kier alpha value is -0.750. The summed E-state index contributed by atoms with van der Waals surface area (Å²) in [6, 6.07) is 5.55. The third-order valence-electron chi connectivity index (χ3n) is 1.74. The summed E-state index contributed by atoms with van der Waals surface area (Å²) in [6.45, 7) is 1.60. The summed E-state index contributed by atoms with van der Waals surface area (Å²) in [5, 5.41) is 2.84. The zero-order valence-electron chi connectivity index (χ0n) is 8.57. The number of alkyl halides is 3. The Morgan fingerprint density at radius 3 is 2.56 bits per heavy atom. The van der Waals surface area contributed by atoms with Gasteiger partial charge in [-0.05, 0) is 30.7 Å². The van der Waals surface area contributed by atoms with Crippen LogP contribution in [0.5, 0.6) is 0 Å². The molecule has 0 saturated heterocycles. The van der Waals surface area contributed by atoms with Crippen molar-refractivity contribution in [3.63, 3.8) is 0 Å². The van der Waals surface area contributed by atoms with E-state index in [0.717, 1.165) is 15.7 Å².